The number of anilines is 1. The molecule has 8 heteroatoms. The first kappa shape index (κ1) is 19.5. The van der Waals surface area contributed by atoms with E-state index < -0.39 is 6.04 Å². The van der Waals surface area contributed by atoms with Crippen LogP contribution in [0.5, 0.6) is 0 Å². The van der Waals surface area contributed by atoms with Crippen molar-refractivity contribution in [2.75, 3.05) is 4.90 Å². The van der Waals surface area contributed by atoms with Crippen molar-refractivity contribution in [1.82, 2.24) is 4.98 Å². The topological polar surface area (TPSA) is 63.4 Å². The van der Waals surface area contributed by atoms with Gasteiger partial charge in [-0.15, -0.1) is 11.3 Å². The van der Waals surface area contributed by atoms with Crippen molar-refractivity contribution in [3.63, 3.8) is 0 Å². The first-order valence-electron chi connectivity index (χ1n) is 9.14. The van der Waals surface area contributed by atoms with Gasteiger partial charge in [0, 0.05) is 14.4 Å². The molecule has 1 aliphatic heterocycles. The lowest BCUT2D eigenvalue weighted by Gasteiger charge is -2.22. The summed E-state index contributed by atoms with van der Waals surface area (Å²) in [5.41, 5.74) is 2.01. The molecule has 150 valence electrons. The molecule has 0 saturated heterocycles. The number of fused-ring (bicyclic) bond motifs is 2. The molecule has 0 spiro atoms. The highest BCUT2D eigenvalue weighted by Crippen LogP contribution is 2.43. The second kappa shape index (κ2) is 7.04. The Labute approximate surface area is 189 Å². The molecule has 0 fully saturated rings. The van der Waals surface area contributed by atoms with Crippen LogP contribution in [-0.2, 0) is 0 Å². The highest BCUT2D eigenvalue weighted by atomic mass is 79.9. The van der Waals surface area contributed by atoms with E-state index >= 15 is 0 Å². The lowest BCUT2D eigenvalue weighted by Crippen LogP contribution is -2.29. The number of aryl methyl sites for hydroxylation is 2. The second-order valence-electron chi connectivity index (χ2n) is 7.09. The van der Waals surface area contributed by atoms with Crippen molar-refractivity contribution in [2.24, 2.45) is 0 Å². The highest BCUT2D eigenvalue weighted by Gasteiger charge is 2.45. The fourth-order valence-electron chi connectivity index (χ4n) is 3.69. The maximum Gasteiger partial charge on any atom is 0.297 e. The predicted molar refractivity (Wildman–Crippen MR) is 122 cm³/mol. The Bertz CT molecular complexity index is 1390. The van der Waals surface area contributed by atoms with Crippen LogP contribution in [0.2, 0.25) is 5.02 Å². The van der Waals surface area contributed by atoms with E-state index in [9.17, 15) is 9.59 Å². The van der Waals surface area contributed by atoms with Gasteiger partial charge >= 0.3 is 0 Å². The van der Waals surface area contributed by atoms with Crippen LogP contribution >= 0.6 is 38.9 Å². The van der Waals surface area contributed by atoms with Crippen LogP contribution in [0.1, 0.15) is 38.3 Å². The molecule has 5 nitrogen and oxygen atoms in total. The molecular weight excluding hydrogens is 488 g/mol. The molecule has 0 radical (unpaired) electrons. The number of carbonyl (C=O) groups is 1. The quantitative estimate of drug-likeness (QED) is 0.336. The van der Waals surface area contributed by atoms with Crippen molar-refractivity contribution in [3.05, 3.63) is 89.6 Å². The first-order chi connectivity index (χ1) is 14.3. The number of amides is 1. The maximum atomic E-state index is 13.5. The molecule has 2 aromatic heterocycles. The molecule has 2 aromatic carbocycles. The summed E-state index contributed by atoms with van der Waals surface area (Å²) in [7, 11) is 0. The van der Waals surface area contributed by atoms with E-state index in [1.165, 1.54) is 11.3 Å². The standard InChI is InChI=1S/C22H14BrClN2O3S/c1-10-11(2)30-22(25-10)26-18(12-4-3-5-13(23)8-12)17-19(27)15-9-14(24)6-7-16(15)29-20(17)21(26)28/h3-9,18H,1-2H3/t18-/m0/s1. The predicted octanol–water partition coefficient (Wildman–Crippen LogP) is 6.03. The molecule has 0 bridgehead atoms. The van der Waals surface area contributed by atoms with E-state index in [0.29, 0.717) is 26.7 Å². The van der Waals surface area contributed by atoms with Gasteiger partial charge < -0.3 is 4.42 Å². The Morgan fingerprint density at radius 2 is 1.97 bits per heavy atom. The van der Waals surface area contributed by atoms with Crippen molar-refractivity contribution in [1.29, 1.82) is 0 Å². The number of benzene rings is 2. The summed E-state index contributed by atoms with van der Waals surface area (Å²) in [4.78, 5) is 34.1. The SMILES string of the molecule is Cc1nc(N2C(=O)c3oc4ccc(Cl)cc4c(=O)c3[C@@H]2c2cccc(Br)c2)sc1C. The summed E-state index contributed by atoms with van der Waals surface area (Å²) >= 11 is 11.0. The van der Waals surface area contributed by atoms with Crippen molar-refractivity contribution in [2.45, 2.75) is 19.9 Å². The molecule has 0 unspecified atom stereocenters. The van der Waals surface area contributed by atoms with Gasteiger partial charge in [-0.1, -0.05) is 39.7 Å². The normalized spacial score (nSPS) is 15.8. The third kappa shape index (κ3) is 2.92. The van der Waals surface area contributed by atoms with Crippen molar-refractivity contribution in [3.8, 4) is 0 Å². The van der Waals surface area contributed by atoms with Gasteiger partial charge in [0.05, 0.1) is 22.7 Å². The second-order valence-corrected chi connectivity index (χ2v) is 9.62. The van der Waals surface area contributed by atoms with Gasteiger partial charge in [0.25, 0.3) is 5.91 Å². The minimum atomic E-state index is -0.644. The Morgan fingerprint density at radius 3 is 2.67 bits per heavy atom. The molecule has 30 heavy (non-hydrogen) atoms. The van der Waals surface area contributed by atoms with Gasteiger partial charge in [0.2, 0.25) is 5.76 Å². The zero-order chi connectivity index (χ0) is 21.2. The molecule has 1 amide bonds. The Hall–Kier alpha value is -2.48. The molecule has 0 aliphatic carbocycles. The number of thiazole rings is 1. The largest absolute Gasteiger partial charge is 0.450 e. The summed E-state index contributed by atoms with van der Waals surface area (Å²) in [5.74, 6) is -0.331. The minimum absolute atomic E-state index is 0.0466. The van der Waals surface area contributed by atoms with Gasteiger partial charge in [0.15, 0.2) is 10.6 Å². The molecule has 1 atom stereocenters. The molecule has 5 rings (SSSR count). The summed E-state index contributed by atoms with van der Waals surface area (Å²) in [6.07, 6.45) is 0. The monoisotopic (exact) mass is 500 g/mol. The number of nitrogens with zero attached hydrogens (tertiary/aromatic N) is 2. The third-order valence-electron chi connectivity index (χ3n) is 5.22. The zero-order valence-corrected chi connectivity index (χ0v) is 19.1. The number of aromatic nitrogens is 1. The Kier molecular flexibility index (Phi) is 4.57. The maximum absolute atomic E-state index is 13.5. The zero-order valence-electron chi connectivity index (χ0n) is 15.9. The van der Waals surface area contributed by atoms with Crippen LogP contribution in [0.25, 0.3) is 11.0 Å². The van der Waals surface area contributed by atoms with Gasteiger partial charge in [-0.3, -0.25) is 14.5 Å². The average Bonchev–Trinajstić information content (AvgIpc) is 3.19. The fraction of sp³-hybridized carbons (Fsp3) is 0.136. The lowest BCUT2D eigenvalue weighted by atomic mass is 9.99. The summed E-state index contributed by atoms with van der Waals surface area (Å²) in [6, 6.07) is 11.7. The molecule has 0 N–H and O–H groups in total. The Morgan fingerprint density at radius 1 is 1.17 bits per heavy atom. The van der Waals surface area contributed by atoms with Crippen LogP contribution < -0.4 is 10.3 Å². The summed E-state index contributed by atoms with van der Waals surface area (Å²) in [6.45, 7) is 3.86. The van der Waals surface area contributed by atoms with Crippen molar-refractivity contribution >= 4 is 60.9 Å². The summed E-state index contributed by atoms with van der Waals surface area (Å²) in [5, 5.41) is 1.32. The fourth-order valence-corrected chi connectivity index (χ4v) is 5.22. The van der Waals surface area contributed by atoms with Gasteiger partial charge in [-0.25, -0.2) is 4.98 Å². The van der Waals surface area contributed by atoms with Crippen LogP contribution in [-0.4, -0.2) is 10.9 Å². The van der Waals surface area contributed by atoms with Crippen LogP contribution in [0.4, 0.5) is 5.13 Å². The van der Waals surface area contributed by atoms with Crippen molar-refractivity contribution < 1.29 is 9.21 Å². The van der Waals surface area contributed by atoms with E-state index in [-0.39, 0.29) is 17.1 Å². The number of rotatable bonds is 2. The molecule has 4 aromatic rings. The lowest BCUT2D eigenvalue weighted by molar-refractivity contribution is 0.0971. The van der Waals surface area contributed by atoms with Crippen LogP contribution in [0, 0.1) is 13.8 Å². The summed E-state index contributed by atoms with van der Waals surface area (Å²) < 4.78 is 6.79. The van der Waals surface area contributed by atoms with E-state index in [0.717, 1.165) is 20.6 Å². The van der Waals surface area contributed by atoms with E-state index in [2.05, 4.69) is 20.9 Å². The number of carbonyl (C=O) groups excluding carboxylic acids is 1. The molecule has 3 heterocycles. The highest BCUT2D eigenvalue weighted by molar-refractivity contribution is 9.10. The van der Waals surface area contributed by atoms with E-state index in [4.69, 9.17) is 16.0 Å². The third-order valence-corrected chi connectivity index (χ3v) is 7.02. The van der Waals surface area contributed by atoms with Gasteiger partial charge in [0.1, 0.15) is 5.58 Å². The van der Waals surface area contributed by atoms with Crippen LogP contribution in [0.3, 0.4) is 0 Å². The van der Waals surface area contributed by atoms with Gasteiger partial charge in [-0.05, 0) is 49.7 Å². The van der Waals surface area contributed by atoms with Crippen LogP contribution in [0.15, 0.2) is 56.1 Å². The molecule has 0 saturated carbocycles. The smallest absolute Gasteiger partial charge is 0.297 e. The first-order valence-corrected chi connectivity index (χ1v) is 11.1. The molecular formula is C22H14BrClN2O3S. The van der Waals surface area contributed by atoms with Gasteiger partial charge in [-0.2, -0.15) is 0 Å². The van der Waals surface area contributed by atoms with E-state index in [1.54, 1.807) is 23.1 Å². The minimum Gasteiger partial charge on any atom is -0.450 e. The number of hydrogen-bond acceptors (Lipinski definition) is 5. The Balaban J connectivity index is 1.84. The number of hydrogen-bond donors (Lipinski definition) is 0. The van der Waals surface area contributed by atoms with E-state index in [1.807, 2.05) is 38.1 Å². The average molecular weight is 502 g/mol. The molecule has 1 aliphatic rings. The number of halogens is 2.